The minimum absolute atomic E-state index is 0.283. The first-order valence-corrected chi connectivity index (χ1v) is 9.51. The molecule has 0 aliphatic rings. The van der Waals surface area contributed by atoms with Crippen LogP contribution in [-0.4, -0.2) is 31.1 Å². The van der Waals surface area contributed by atoms with Gasteiger partial charge in [0.2, 0.25) is 10.0 Å². The second kappa shape index (κ2) is 6.79. The highest BCUT2D eigenvalue weighted by Gasteiger charge is 2.13. The van der Waals surface area contributed by atoms with E-state index in [1.165, 1.54) is 0 Å². The lowest BCUT2D eigenvalue weighted by Gasteiger charge is -2.05. The summed E-state index contributed by atoms with van der Waals surface area (Å²) in [5.41, 5.74) is 0.999. The third-order valence-electron chi connectivity index (χ3n) is 3.32. The fourth-order valence-corrected chi connectivity index (χ4v) is 4.20. The lowest BCUT2D eigenvalue weighted by Crippen LogP contribution is -2.31. The van der Waals surface area contributed by atoms with Crippen LogP contribution in [0.25, 0.3) is 10.2 Å². The number of hydrogen-bond donors (Lipinski definition) is 2. The third-order valence-corrected chi connectivity index (χ3v) is 5.81. The van der Waals surface area contributed by atoms with Crippen LogP contribution in [0.1, 0.15) is 5.01 Å². The van der Waals surface area contributed by atoms with E-state index >= 15 is 0 Å². The molecule has 0 spiro atoms. The number of para-hydroxylation sites is 1. The van der Waals surface area contributed by atoms with E-state index in [0.717, 1.165) is 15.2 Å². The second-order valence-corrected chi connectivity index (χ2v) is 8.04. The Balaban J connectivity index is 1.46. The van der Waals surface area contributed by atoms with Crippen molar-refractivity contribution in [1.82, 2.24) is 19.6 Å². The standard InChI is InChI=1S/C15H18N4O2S2/c1-19-9-6-12(11-19)23(20,21)17-8-7-16-10-15-18-13-4-2-3-5-14(13)22-15/h2-6,9,11,16-17H,7-8,10H2,1H3. The van der Waals surface area contributed by atoms with Gasteiger partial charge in [-0.15, -0.1) is 11.3 Å². The van der Waals surface area contributed by atoms with E-state index in [1.54, 1.807) is 41.4 Å². The Morgan fingerprint density at radius 1 is 1.22 bits per heavy atom. The van der Waals surface area contributed by atoms with Gasteiger partial charge in [-0.1, -0.05) is 12.1 Å². The van der Waals surface area contributed by atoms with Gasteiger partial charge in [-0.25, -0.2) is 18.1 Å². The maximum atomic E-state index is 12.0. The number of fused-ring (bicyclic) bond motifs is 1. The molecule has 1 aromatic carbocycles. The highest BCUT2D eigenvalue weighted by Crippen LogP contribution is 2.21. The Bertz CT molecular complexity index is 866. The number of aryl methyl sites for hydroxylation is 1. The van der Waals surface area contributed by atoms with Gasteiger partial charge in [0.05, 0.1) is 15.1 Å². The van der Waals surface area contributed by atoms with E-state index in [-0.39, 0.29) is 4.90 Å². The smallest absolute Gasteiger partial charge is 0.242 e. The molecule has 0 fully saturated rings. The number of nitrogens with one attached hydrogen (secondary N) is 2. The normalized spacial score (nSPS) is 12.0. The van der Waals surface area contributed by atoms with Gasteiger partial charge in [-0.05, 0) is 18.2 Å². The van der Waals surface area contributed by atoms with Gasteiger partial charge in [0, 0.05) is 39.1 Å². The lowest BCUT2D eigenvalue weighted by atomic mass is 10.3. The first-order chi connectivity index (χ1) is 11.0. The predicted octanol–water partition coefficient (Wildman–Crippen LogP) is 1.70. The molecule has 122 valence electrons. The van der Waals surface area contributed by atoms with Gasteiger partial charge in [0.1, 0.15) is 5.01 Å². The van der Waals surface area contributed by atoms with Crippen molar-refractivity contribution in [2.75, 3.05) is 13.1 Å². The number of benzene rings is 1. The van der Waals surface area contributed by atoms with E-state index in [0.29, 0.717) is 19.6 Å². The fraction of sp³-hybridized carbons (Fsp3) is 0.267. The largest absolute Gasteiger partial charge is 0.356 e. The zero-order chi connectivity index (χ0) is 16.3. The van der Waals surface area contributed by atoms with E-state index in [1.807, 2.05) is 24.3 Å². The molecule has 6 nitrogen and oxygen atoms in total. The molecule has 2 aromatic heterocycles. The van der Waals surface area contributed by atoms with Crippen LogP contribution < -0.4 is 10.0 Å². The SMILES string of the molecule is Cn1ccc(S(=O)(=O)NCCNCc2nc3ccccc3s2)c1. The van der Waals surface area contributed by atoms with Gasteiger partial charge in [0.15, 0.2) is 0 Å². The zero-order valence-electron chi connectivity index (χ0n) is 12.7. The first-order valence-electron chi connectivity index (χ1n) is 7.21. The Morgan fingerprint density at radius 2 is 2.04 bits per heavy atom. The average Bonchev–Trinajstić information content (AvgIpc) is 3.12. The van der Waals surface area contributed by atoms with Crippen molar-refractivity contribution < 1.29 is 8.42 Å². The summed E-state index contributed by atoms with van der Waals surface area (Å²) < 4.78 is 29.5. The van der Waals surface area contributed by atoms with Crippen molar-refractivity contribution >= 4 is 31.6 Å². The van der Waals surface area contributed by atoms with Crippen LogP contribution in [0.4, 0.5) is 0 Å². The highest BCUT2D eigenvalue weighted by molar-refractivity contribution is 7.89. The van der Waals surface area contributed by atoms with Crippen LogP contribution in [-0.2, 0) is 23.6 Å². The van der Waals surface area contributed by atoms with Crippen LogP contribution >= 0.6 is 11.3 Å². The summed E-state index contributed by atoms with van der Waals surface area (Å²) in [4.78, 5) is 4.81. The highest BCUT2D eigenvalue weighted by atomic mass is 32.2. The van der Waals surface area contributed by atoms with Crippen molar-refractivity contribution in [3.05, 3.63) is 47.7 Å². The summed E-state index contributed by atoms with van der Waals surface area (Å²) in [7, 11) is -1.64. The molecule has 23 heavy (non-hydrogen) atoms. The molecule has 8 heteroatoms. The third kappa shape index (κ3) is 3.97. The van der Waals surface area contributed by atoms with Gasteiger partial charge >= 0.3 is 0 Å². The molecule has 3 aromatic rings. The minimum atomic E-state index is -3.43. The van der Waals surface area contributed by atoms with Gasteiger partial charge in [-0.2, -0.15) is 0 Å². The Kier molecular flexibility index (Phi) is 4.76. The summed E-state index contributed by atoms with van der Waals surface area (Å²) >= 11 is 1.65. The van der Waals surface area contributed by atoms with Crippen molar-refractivity contribution in [3.63, 3.8) is 0 Å². The summed E-state index contributed by atoms with van der Waals surface area (Å²) in [5.74, 6) is 0. The Labute approximate surface area is 139 Å². The molecule has 0 atom stereocenters. The summed E-state index contributed by atoms with van der Waals surface area (Å²) in [6.45, 7) is 1.51. The molecule has 0 amide bonds. The maximum Gasteiger partial charge on any atom is 0.242 e. The molecular weight excluding hydrogens is 332 g/mol. The van der Waals surface area contributed by atoms with Crippen molar-refractivity contribution in [1.29, 1.82) is 0 Å². The quantitative estimate of drug-likeness (QED) is 0.636. The van der Waals surface area contributed by atoms with Crippen LogP contribution in [0, 0.1) is 0 Å². The van der Waals surface area contributed by atoms with Gasteiger partial charge in [-0.3, -0.25) is 0 Å². The molecule has 0 bridgehead atoms. The van der Waals surface area contributed by atoms with Crippen molar-refractivity contribution in [2.24, 2.45) is 7.05 Å². The number of thiazole rings is 1. The molecule has 2 N–H and O–H groups in total. The Morgan fingerprint density at radius 3 is 2.78 bits per heavy atom. The van der Waals surface area contributed by atoms with Crippen LogP contribution in [0.2, 0.25) is 0 Å². The van der Waals surface area contributed by atoms with E-state index in [4.69, 9.17) is 0 Å². The Hall–Kier alpha value is -1.74. The maximum absolute atomic E-state index is 12.0. The molecule has 2 heterocycles. The summed E-state index contributed by atoms with van der Waals surface area (Å²) in [6.07, 6.45) is 3.29. The monoisotopic (exact) mass is 350 g/mol. The fourth-order valence-electron chi connectivity index (χ4n) is 2.18. The number of sulfonamides is 1. The van der Waals surface area contributed by atoms with Crippen LogP contribution in [0.5, 0.6) is 0 Å². The molecule has 0 radical (unpaired) electrons. The average molecular weight is 350 g/mol. The van der Waals surface area contributed by atoms with Crippen LogP contribution in [0.3, 0.4) is 0 Å². The number of rotatable bonds is 7. The topological polar surface area (TPSA) is 76.0 Å². The summed E-state index contributed by atoms with van der Waals surface area (Å²) in [6, 6.07) is 9.58. The first kappa shape index (κ1) is 16.1. The van der Waals surface area contributed by atoms with E-state index in [9.17, 15) is 8.42 Å². The zero-order valence-corrected chi connectivity index (χ0v) is 14.3. The molecule has 0 aliphatic carbocycles. The number of hydrogen-bond acceptors (Lipinski definition) is 5. The molecule has 0 unspecified atom stereocenters. The van der Waals surface area contributed by atoms with Gasteiger partial charge < -0.3 is 9.88 Å². The van der Waals surface area contributed by atoms with Crippen molar-refractivity contribution in [2.45, 2.75) is 11.4 Å². The van der Waals surface area contributed by atoms with E-state index in [2.05, 4.69) is 15.0 Å². The van der Waals surface area contributed by atoms with Crippen molar-refractivity contribution in [3.8, 4) is 0 Å². The molecular formula is C15H18N4O2S2. The lowest BCUT2D eigenvalue weighted by molar-refractivity contribution is 0.575. The number of aromatic nitrogens is 2. The number of nitrogens with zero attached hydrogens (tertiary/aromatic N) is 2. The molecule has 0 saturated heterocycles. The van der Waals surface area contributed by atoms with E-state index < -0.39 is 10.0 Å². The molecule has 0 saturated carbocycles. The minimum Gasteiger partial charge on any atom is -0.356 e. The molecule has 3 rings (SSSR count). The second-order valence-electron chi connectivity index (χ2n) is 5.16. The van der Waals surface area contributed by atoms with Gasteiger partial charge in [0.25, 0.3) is 0 Å². The molecule has 0 aliphatic heterocycles. The van der Waals surface area contributed by atoms with Crippen LogP contribution in [0.15, 0.2) is 47.6 Å². The predicted molar refractivity (Wildman–Crippen MR) is 91.9 cm³/mol. The summed E-state index contributed by atoms with van der Waals surface area (Å²) in [5, 5.41) is 4.20.